The zero-order valence-corrected chi connectivity index (χ0v) is 13.1. The molecule has 0 spiro atoms. The Hall–Kier alpha value is -1.76. The van der Waals surface area contributed by atoms with Crippen molar-refractivity contribution in [1.29, 1.82) is 0 Å². The number of rotatable bonds is 2. The molecule has 6 nitrogen and oxygen atoms in total. The summed E-state index contributed by atoms with van der Waals surface area (Å²) in [5.41, 5.74) is 2.59. The SMILES string of the molecule is Cc1nn(C)c2ncc(C(=O)O)c(N3CCSC(C)C3)c12. The summed E-state index contributed by atoms with van der Waals surface area (Å²) in [7, 11) is 1.83. The molecular formula is C14H18N4O2S. The van der Waals surface area contributed by atoms with Gasteiger partial charge in [0.05, 0.1) is 16.8 Å². The second kappa shape index (κ2) is 5.22. The molecule has 0 aromatic carbocycles. The summed E-state index contributed by atoms with van der Waals surface area (Å²) < 4.78 is 1.71. The second-order valence-corrected chi connectivity index (χ2v) is 6.91. The van der Waals surface area contributed by atoms with Crippen molar-refractivity contribution in [2.45, 2.75) is 19.1 Å². The summed E-state index contributed by atoms with van der Waals surface area (Å²) in [6.07, 6.45) is 1.45. The lowest BCUT2D eigenvalue weighted by Gasteiger charge is -2.33. The Labute approximate surface area is 127 Å². The monoisotopic (exact) mass is 306 g/mol. The number of anilines is 1. The first-order valence-corrected chi connectivity index (χ1v) is 7.96. The number of nitrogens with zero attached hydrogens (tertiary/aromatic N) is 4. The van der Waals surface area contributed by atoms with E-state index in [4.69, 9.17) is 0 Å². The lowest BCUT2D eigenvalue weighted by atomic mass is 10.1. The van der Waals surface area contributed by atoms with Crippen LogP contribution in [-0.4, -0.2) is 49.9 Å². The molecule has 21 heavy (non-hydrogen) atoms. The highest BCUT2D eigenvalue weighted by molar-refractivity contribution is 8.00. The molecule has 0 aliphatic carbocycles. The van der Waals surface area contributed by atoms with Gasteiger partial charge in [0.2, 0.25) is 0 Å². The first-order chi connectivity index (χ1) is 9.99. The quantitative estimate of drug-likeness (QED) is 0.914. The van der Waals surface area contributed by atoms with Gasteiger partial charge in [-0.2, -0.15) is 16.9 Å². The van der Waals surface area contributed by atoms with Crippen LogP contribution in [0.2, 0.25) is 0 Å². The fourth-order valence-corrected chi connectivity index (χ4v) is 3.91. The molecule has 1 N–H and O–H groups in total. The van der Waals surface area contributed by atoms with Crippen molar-refractivity contribution in [3.05, 3.63) is 17.5 Å². The number of thioether (sulfide) groups is 1. The fourth-order valence-electron chi connectivity index (χ4n) is 2.90. The van der Waals surface area contributed by atoms with Crippen molar-refractivity contribution < 1.29 is 9.90 Å². The van der Waals surface area contributed by atoms with Crippen LogP contribution in [0.5, 0.6) is 0 Å². The maximum atomic E-state index is 11.6. The highest BCUT2D eigenvalue weighted by Crippen LogP contribution is 2.34. The number of carboxylic acids is 1. The molecule has 0 saturated carbocycles. The largest absolute Gasteiger partial charge is 0.478 e. The van der Waals surface area contributed by atoms with Gasteiger partial charge in [0.15, 0.2) is 5.65 Å². The Bertz CT molecular complexity index is 713. The van der Waals surface area contributed by atoms with Crippen molar-refractivity contribution >= 4 is 34.5 Å². The normalized spacial score (nSPS) is 19.2. The predicted molar refractivity (Wildman–Crippen MR) is 84.3 cm³/mol. The van der Waals surface area contributed by atoms with Crippen LogP contribution in [0, 0.1) is 6.92 Å². The van der Waals surface area contributed by atoms with E-state index in [1.807, 2.05) is 25.7 Å². The van der Waals surface area contributed by atoms with Crippen LogP contribution < -0.4 is 4.90 Å². The highest BCUT2D eigenvalue weighted by atomic mass is 32.2. The van der Waals surface area contributed by atoms with Gasteiger partial charge in [0, 0.05) is 37.3 Å². The van der Waals surface area contributed by atoms with E-state index in [-0.39, 0.29) is 5.56 Å². The second-order valence-electron chi connectivity index (χ2n) is 5.36. The average molecular weight is 306 g/mol. The first-order valence-electron chi connectivity index (χ1n) is 6.91. The van der Waals surface area contributed by atoms with Crippen molar-refractivity contribution in [3.63, 3.8) is 0 Å². The minimum absolute atomic E-state index is 0.262. The van der Waals surface area contributed by atoms with E-state index in [1.54, 1.807) is 4.68 Å². The van der Waals surface area contributed by atoms with Crippen LogP contribution >= 0.6 is 11.8 Å². The number of hydrogen-bond acceptors (Lipinski definition) is 5. The molecule has 1 aliphatic rings. The molecule has 2 aromatic heterocycles. The summed E-state index contributed by atoms with van der Waals surface area (Å²) in [4.78, 5) is 18.1. The van der Waals surface area contributed by atoms with E-state index in [1.165, 1.54) is 6.20 Å². The Kier molecular flexibility index (Phi) is 3.52. The first kappa shape index (κ1) is 14.2. The Morgan fingerprint density at radius 2 is 2.29 bits per heavy atom. The number of hydrogen-bond donors (Lipinski definition) is 1. The van der Waals surface area contributed by atoms with Crippen LogP contribution in [-0.2, 0) is 7.05 Å². The lowest BCUT2D eigenvalue weighted by molar-refractivity contribution is 0.0697. The molecule has 0 radical (unpaired) electrons. The maximum Gasteiger partial charge on any atom is 0.339 e. The molecule has 2 aromatic rings. The molecule has 0 amide bonds. The molecule has 3 heterocycles. The summed E-state index contributed by atoms with van der Waals surface area (Å²) in [5.74, 6) is 0.0668. The molecule has 1 unspecified atom stereocenters. The summed E-state index contributed by atoms with van der Waals surface area (Å²) in [6, 6.07) is 0. The van der Waals surface area contributed by atoms with Crippen LogP contribution in [0.4, 0.5) is 5.69 Å². The number of carbonyl (C=O) groups is 1. The van der Waals surface area contributed by atoms with E-state index < -0.39 is 5.97 Å². The minimum atomic E-state index is -0.937. The van der Waals surface area contributed by atoms with Gasteiger partial charge < -0.3 is 10.0 Å². The van der Waals surface area contributed by atoms with E-state index >= 15 is 0 Å². The van der Waals surface area contributed by atoms with Crippen LogP contribution in [0.3, 0.4) is 0 Å². The van der Waals surface area contributed by atoms with Gasteiger partial charge in [0.1, 0.15) is 5.56 Å². The van der Waals surface area contributed by atoms with Crippen LogP contribution in [0.15, 0.2) is 6.20 Å². The molecule has 1 aliphatic heterocycles. The summed E-state index contributed by atoms with van der Waals surface area (Å²) >= 11 is 1.92. The Balaban J connectivity index is 2.25. The number of aromatic carboxylic acids is 1. The third-order valence-corrected chi connectivity index (χ3v) is 4.92. The van der Waals surface area contributed by atoms with E-state index in [9.17, 15) is 9.90 Å². The third-order valence-electron chi connectivity index (χ3n) is 3.79. The predicted octanol–water partition coefficient (Wildman–Crippen LogP) is 1.92. The fraction of sp³-hybridized carbons (Fsp3) is 0.500. The van der Waals surface area contributed by atoms with Gasteiger partial charge in [-0.25, -0.2) is 9.78 Å². The minimum Gasteiger partial charge on any atom is -0.478 e. The van der Waals surface area contributed by atoms with Crippen molar-refractivity contribution in [2.24, 2.45) is 7.05 Å². The highest BCUT2D eigenvalue weighted by Gasteiger charge is 2.26. The average Bonchev–Trinajstić information content (AvgIpc) is 2.73. The van der Waals surface area contributed by atoms with E-state index in [0.29, 0.717) is 5.25 Å². The maximum absolute atomic E-state index is 11.6. The zero-order chi connectivity index (χ0) is 15.1. The molecule has 3 rings (SSSR count). The molecule has 1 fully saturated rings. The molecule has 1 atom stereocenters. The smallest absolute Gasteiger partial charge is 0.339 e. The molecule has 1 saturated heterocycles. The van der Waals surface area contributed by atoms with Crippen LogP contribution in [0.25, 0.3) is 11.0 Å². The Morgan fingerprint density at radius 1 is 1.52 bits per heavy atom. The molecular weight excluding hydrogens is 288 g/mol. The number of aromatic nitrogens is 3. The van der Waals surface area contributed by atoms with E-state index in [0.717, 1.165) is 41.3 Å². The Morgan fingerprint density at radius 3 is 2.95 bits per heavy atom. The molecule has 0 bridgehead atoms. The molecule has 112 valence electrons. The lowest BCUT2D eigenvalue weighted by Crippen LogP contribution is -2.37. The van der Waals surface area contributed by atoms with Gasteiger partial charge in [-0.15, -0.1) is 0 Å². The number of aryl methyl sites for hydroxylation is 2. The van der Waals surface area contributed by atoms with Crippen molar-refractivity contribution in [3.8, 4) is 0 Å². The molecule has 7 heteroatoms. The van der Waals surface area contributed by atoms with Gasteiger partial charge in [-0.3, -0.25) is 4.68 Å². The number of carboxylic acid groups (broad SMARTS) is 1. The summed E-state index contributed by atoms with van der Waals surface area (Å²) in [6.45, 7) is 5.77. The van der Waals surface area contributed by atoms with Crippen molar-refractivity contribution in [2.75, 3.05) is 23.7 Å². The van der Waals surface area contributed by atoms with E-state index in [2.05, 4.69) is 21.9 Å². The zero-order valence-electron chi connectivity index (χ0n) is 12.3. The number of pyridine rings is 1. The topological polar surface area (TPSA) is 71.2 Å². The van der Waals surface area contributed by atoms with Gasteiger partial charge in [-0.05, 0) is 6.92 Å². The van der Waals surface area contributed by atoms with Gasteiger partial charge in [-0.1, -0.05) is 6.92 Å². The van der Waals surface area contributed by atoms with Gasteiger partial charge >= 0.3 is 5.97 Å². The van der Waals surface area contributed by atoms with Gasteiger partial charge in [0.25, 0.3) is 0 Å². The van der Waals surface area contributed by atoms with Crippen molar-refractivity contribution in [1.82, 2.24) is 14.8 Å². The summed E-state index contributed by atoms with van der Waals surface area (Å²) in [5, 5.41) is 15.3. The third kappa shape index (κ3) is 2.35. The number of fused-ring (bicyclic) bond motifs is 1. The standard InChI is InChI=1S/C14H18N4O2S/c1-8-7-18(4-5-21-8)12-10(14(19)20)6-15-13-11(12)9(2)16-17(13)3/h6,8H,4-5,7H2,1-3H3,(H,19,20). The van der Waals surface area contributed by atoms with Crippen LogP contribution in [0.1, 0.15) is 23.0 Å².